The van der Waals surface area contributed by atoms with Crippen LogP contribution in [0.5, 0.6) is 11.5 Å². The lowest BCUT2D eigenvalue weighted by Crippen LogP contribution is -3.29. The maximum Gasteiger partial charge on any atom is 0.204 e. The Morgan fingerprint density at radius 3 is 1.26 bits per heavy atom. The molecule has 0 saturated carbocycles. The zero-order valence-electron chi connectivity index (χ0n) is 17.7. The second-order valence-corrected chi connectivity index (χ2v) is 7.34. The van der Waals surface area contributed by atoms with Crippen LogP contribution in [-0.2, 0) is 0 Å². The maximum absolute atomic E-state index is 5.30. The first-order valence-electron chi connectivity index (χ1n) is 9.96. The fourth-order valence-corrected chi connectivity index (χ4v) is 4.10. The van der Waals surface area contributed by atoms with Crippen LogP contribution in [0.4, 0.5) is 0 Å². The molecule has 4 nitrogen and oxygen atoms in total. The molecule has 2 rings (SSSR count). The van der Waals surface area contributed by atoms with E-state index >= 15 is 0 Å². The Hall–Kier alpha value is -2.04. The molecule has 0 saturated heterocycles. The quantitative estimate of drug-likeness (QED) is 0.626. The summed E-state index contributed by atoms with van der Waals surface area (Å²) in [5, 5.41) is 0. The Labute approximate surface area is 164 Å². The molecule has 0 heterocycles. The summed E-state index contributed by atoms with van der Waals surface area (Å²) in [5.41, 5.74) is 2.75. The zero-order valence-corrected chi connectivity index (χ0v) is 17.7. The van der Waals surface area contributed by atoms with E-state index in [4.69, 9.17) is 9.47 Å². The van der Waals surface area contributed by atoms with Crippen LogP contribution in [-0.4, -0.2) is 35.0 Å². The lowest BCUT2D eigenvalue weighted by atomic mass is 10.0. The van der Waals surface area contributed by atoms with Crippen molar-refractivity contribution in [3.8, 4) is 11.5 Å². The van der Waals surface area contributed by atoms with Gasteiger partial charge in [-0.2, -0.15) is 0 Å². The maximum atomic E-state index is 5.30. The van der Waals surface area contributed by atoms with Crippen molar-refractivity contribution in [2.75, 3.05) is 35.0 Å². The third-order valence-corrected chi connectivity index (χ3v) is 5.60. The number of hydrogen-bond acceptors (Lipinski definition) is 2. The number of ether oxygens (including phenoxy) is 2. The minimum atomic E-state index is 0.485. The standard InChI is InChI=1S/C23H34N2O2/c1-7-22(18-9-13-20(26-5)14-10-18)24(3)17-25(4)23(8-2)19-11-15-21(27-6)16-12-19/h9-16,22-23H,7-8,17H2,1-6H3/p+2/t22-,23+. The number of methoxy groups -OCH3 is 2. The van der Waals surface area contributed by atoms with Gasteiger partial charge in [0.1, 0.15) is 23.6 Å². The highest BCUT2D eigenvalue weighted by molar-refractivity contribution is 5.29. The highest BCUT2D eigenvalue weighted by Gasteiger charge is 2.26. The summed E-state index contributed by atoms with van der Waals surface area (Å²) in [5.74, 6) is 1.83. The lowest BCUT2D eigenvalue weighted by Gasteiger charge is -2.30. The first-order chi connectivity index (χ1) is 13.0. The van der Waals surface area contributed by atoms with E-state index in [1.165, 1.54) is 20.9 Å². The van der Waals surface area contributed by atoms with Crippen molar-refractivity contribution < 1.29 is 19.3 Å². The van der Waals surface area contributed by atoms with Gasteiger partial charge in [-0.3, -0.25) is 9.80 Å². The van der Waals surface area contributed by atoms with Crippen LogP contribution in [0.3, 0.4) is 0 Å². The minimum Gasteiger partial charge on any atom is -0.497 e. The molecule has 2 aromatic rings. The van der Waals surface area contributed by atoms with Crippen LogP contribution in [0.15, 0.2) is 48.5 Å². The molecule has 0 aromatic heterocycles. The van der Waals surface area contributed by atoms with E-state index in [1.807, 2.05) is 0 Å². The number of benzene rings is 2. The zero-order chi connectivity index (χ0) is 19.8. The molecule has 0 fully saturated rings. The Kier molecular flexibility index (Phi) is 8.14. The Balaban J connectivity index is 2.08. The summed E-state index contributed by atoms with van der Waals surface area (Å²) in [7, 11) is 8.05. The van der Waals surface area contributed by atoms with E-state index < -0.39 is 0 Å². The first kappa shape index (κ1) is 21.3. The van der Waals surface area contributed by atoms with Crippen LogP contribution >= 0.6 is 0 Å². The monoisotopic (exact) mass is 372 g/mol. The average molecular weight is 373 g/mol. The van der Waals surface area contributed by atoms with Gasteiger partial charge in [0.05, 0.1) is 28.3 Å². The Morgan fingerprint density at radius 1 is 0.667 bits per heavy atom. The molecule has 0 aliphatic carbocycles. The van der Waals surface area contributed by atoms with E-state index in [-0.39, 0.29) is 0 Å². The van der Waals surface area contributed by atoms with Crippen LogP contribution in [0, 0.1) is 0 Å². The summed E-state index contributed by atoms with van der Waals surface area (Å²) in [6.45, 7) is 5.61. The SMILES string of the molecule is CC[C@H](c1ccc(OC)cc1)[NH+](C)C[NH+](C)[C@@H](CC)c1ccc(OC)cc1. The van der Waals surface area contributed by atoms with Gasteiger partial charge < -0.3 is 9.47 Å². The molecular formula is C23H36N2O2+2. The number of nitrogens with one attached hydrogen (secondary N) is 2. The third-order valence-electron chi connectivity index (χ3n) is 5.60. The summed E-state index contributed by atoms with van der Waals surface area (Å²) in [6.07, 6.45) is 2.23. The molecular weight excluding hydrogens is 336 g/mol. The van der Waals surface area contributed by atoms with Gasteiger partial charge in [0.15, 0.2) is 0 Å². The minimum absolute atomic E-state index is 0.485. The van der Waals surface area contributed by atoms with E-state index in [2.05, 4.69) is 76.5 Å². The molecule has 148 valence electrons. The van der Waals surface area contributed by atoms with Crippen molar-refractivity contribution in [3.05, 3.63) is 59.7 Å². The molecule has 2 unspecified atom stereocenters. The lowest BCUT2D eigenvalue weighted by molar-refractivity contribution is -1.10. The van der Waals surface area contributed by atoms with Crippen molar-refractivity contribution >= 4 is 0 Å². The third kappa shape index (κ3) is 5.47. The fraction of sp³-hybridized carbons (Fsp3) is 0.478. The molecule has 0 aliphatic rings. The van der Waals surface area contributed by atoms with E-state index in [0.29, 0.717) is 12.1 Å². The van der Waals surface area contributed by atoms with Crippen LogP contribution in [0.2, 0.25) is 0 Å². The normalized spacial score (nSPS) is 15.6. The van der Waals surface area contributed by atoms with Crippen LogP contribution in [0.1, 0.15) is 49.9 Å². The van der Waals surface area contributed by atoms with Crippen molar-refractivity contribution in [3.63, 3.8) is 0 Å². The molecule has 0 radical (unpaired) electrons. The van der Waals surface area contributed by atoms with Crippen LogP contribution in [0.25, 0.3) is 0 Å². The van der Waals surface area contributed by atoms with Gasteiger partial charge in [0, 0.05) is 24.0 Å². The molecule has 4 atom stereocenters. The predicted octanol–water partition coefficient (Wildman–Crippen LogP) is 2.29. The van der Waals surface area contributed by atoms with Gasteiger partial charge in [0.25, 0.3) is 0 Å². The Bertz CT molecular complexity index is 610. The van der Waals surface area contributed by atoms with E-state index in [0.717, 1.165) is 31.0 Å². The second kappa shape index (κ2) is 10.3. The molecule has 0 bridgehead atoms. The first-order valence-corrected chi connectivity index (χ1v) is 9.96. The van der Waals surface area contributed by atoms with Gasteiger partial charge in [-0.05, 0) is 48.5 Å². The molecule has 0 amide bonds. The molecule has 4 heteroatoms. The molecule has 27 heavy (non-hydrogen) atoms. The van der Waals surface area contributed by atoms with Crippen molar-refractivity contribution in [2.45, 2.75) is 38.8 Å². The molecule has 0 aliphatic heterocycles. The second-order valence-electron chi connectivity index (χ2n) is 7.34. The molecule has 2 aromatic carbocycles. The van der Waals surface area contributed by atoms with Gasteiger partial charge in [-0.25, -0.2) is 0 Å². The molecule has 2 N–H and O–H groups in total. The van der Waals surface area contributed by atoms with Crippen molar-refractivity contribution in [1.82, 2.24) is 0 Å². The highest BCUT2D eigenvalue weighted by atomic mass is 16.5. The van der Waals surface area contributed by atoms with Gasteiger partial charge >= 0.3 is 0 Å². The van der Waals surface area contributed by atoms with Crippen LogP contribution < -0.4 is 19.3 Å². The van der Waals surface area contributed by atoms with Gasteiger partial charge in [-0.15, -0.1) is 0 Å². The highest BCUT2D eigenvalue weighted by Crippen LogP contribution is 2.19. The topological polar surface area (TPSA) is 27.3 Å². The fourth-order valence-electron chi connectivity index (χ4n) is 4.10. The van der Waals surface area contributed by atoms with Gasteiger partial charge in [0.2, 0.25) is 6.67 Å². The number of rotatable bonds is 10. The van der Waals surface area contributed by atoms with Gasteiger partial charge in [-0.1, -0.05) is 13.8 Å². The smallest absolute Gasteiger partial charge is 0.204 e. The molecule has 0 spiro atoms. The van der Waals surface area contributed by atoms with Crippen molar-refractivity contribution in [1.29, 1.82) is 0 Å². The summed E-state index contributed by atoms with van der Waals surface area (Å²) < 4.78 is 10.6. The Morgan fingerprint density at radius 2 is 1.00 bits per heavy atom. The summed E-state index contributed by atoms with van der Waals surface area (Å²) in [6, 6.07) is 18.0. The summed E-state index contributed by atoms with van der Waals surface area (Å²) in [4.78, 5) is 3.07. The largest absolute Gasteiger partial charge is 0.497 e. The van der Waals surface area contributed by atoms with E-state index in [1.54, 1.807) is 14.2 Å². The number of hydrogen-bond donors (Lipinski definition) is 2. The van der Waals surface area contributed by atoms with Crippen molar-refractivity contribution in [2.24, 2.45) is 0 Å². The number of quaternary nitrogens is 2. The summed E-state index contributed by atoms with van der Waals surface area (Å²) >= 11 is 0. The van der Waals surface area contributed by atoms with E-state index in [9.17, 15) is 0 Å². The predicted molar refractivity (Wildman–Crippen MR) is 111 cm³/mol. The average Bonchev–Trinajstić information content (AvgIpc) is 2.70.